The van der Waals surface area contributed by atoms with E-state index in [1.807, 2.05) is 19.1 Å². The van der Waals surface area contributed by atoms with Gasteiger partial charge in [0, 0.05) is 23.4 Å². The van der Waals surface area contributed by atoms with Gasteiger partial charge in [0.2, 0.25) is 0 Å². The number of unbranched alkanes of at least 4 members (excludes halogenated alkanes) is 5. The van der Waals surface area contributed by atoms with E-state index in [0.717, 1.165) is 42.7 Å². The molecule has 2 aromatic carbocycles. The van der Waals surface area contributed by atoms with E-state index in [1.54, 1.807) is 36.4 Å². The molecule has 2 aromatic rings. The largest absolute Gasteiger partial charge is 0.462 e. The number of benzene rings is 2. The first-order valence-corrected chi connectivity index (χ1v) is 14.7. The van der Waals surface area contributed by atoms with Gasteiger partial charge in [0.15, 0.2) is 0 Å². The van der Waals surface area contributed by atoms with Crippen LogP contribution in [0.3, 0.4) is 0 Å². The Balaban J connectivity index is 1.36. The van der Waals surface area contributed by atoms with Crippen LogP contribution < -0.4 is 11.5 Å². The van der Waals surface area contributed by atoms with E-state index in [1.165, 1.54) is 51.0 Å². The monoisotopic (exact) mass is 534 g/mol. The summed E-state index contributed by atoms with van der Waals surface area (Å²) in [4.78, 5) is 24.8. The molecule has 0 spiro atoms. The molecule has 0 saturated heterocycles. The second-order valence-corrected chi connectivity index (χ2v) is 11.0. The number of carbonyl (C=O) groups excluding carboxylic acids is 2. The summed E-state index contributed by atoms with van der Waals surface area (Å²) in [5.74, 6) is 0.0339. The Bertz CT molecular complexity index is 1050. The molecule has 1 saturated carbocycles. The van der Waals surface area contributed by atoms with Crippen LogP contribution in [0, 0.1) is 5.92 Å². The lowest BCUT2D eigenvalue weighted by Gasteiger charge is -2.28. The molecular weight excluding hydrogens is 488 g/mol. The molecule has 0 aromatic heterocycles. The van der Waals surface area contributed by atoms with Crippen molar-refractivity contribution in [3.8, 4) is 0 Å². The molecule has 4 N–H and O–H groups in total. The van der Waals surface area contributed by atoms with Crippen LogP contribution in [0.15, 0.2) is 48.5 Å². The molecule has 0 bridgehead atoms. The van der Waals surface area contributed by atoms with Gasteiger partial charge in [-0.2, -0.15) is 0 Å². The van der Waals surface area contributed by atoms with Gasteiger partial charge >= 0.3 is 11.9 Å². The van der Waals surface area contributed by atoms with Gasteiger partial charge in [-0.25, -0.2) is 9.59 Å². The first kappa shape index (κ1) is 30.3. The third-order valence-electron chi connectivity index (χ3n) is 7.64. The van der Waals surface area contributed by atoms with Gasteiger partial charge in [-0.15, -0.1) is 0 Å². The summed E-state index contributed by atoms with van der Waals surface area (Å²) in [6.45, 7) is 4.42. The third-order valence-corrected chi connectivity index (χ3v) is 7.64. The number of nitrogen functional groups attached to an aromatic ring is 2. The normalized spacial score (nSPS) is 18.1. The number of nitrogens with two attached hydrogens (primary N) is 2. The number of ether oxygens (including phenoxy) is 2. The highest BCUT2D eigenvalue weighted by molar-refractivity contribution is 5.90. The molecule has 6 heteroatoms. The summed E-state index contributed by atoms with van der Waals surface area (Å²) in [5.41, 5.74) is 15.1. The minimum absolute atomic E-state index is 0.0128. The van der Waals surface area contributed by atoms with Crippen LogP contribution in [0.2, 0.25) is 0 Å². The molecule has 0 heterocycles. The van der Waals surface area contributed by atoms with Crippen LogP contribution in [-0.4, -0.2) is 24.6 Å². The molecular formula is C33H46N2O4. The molecule has 1 unspecified atom stereocenters. The average Bonchev–Trinajstić information content (AvgIpc) is 2.93. The average molecular weight is 535 g/mol. The zero-order valence-corrected chi connectivity index (χ0v) is 23.7. The van der Waals surface area contributed by atoms with E-state index < -0.39 is 5.97 Å². The summed E-state index contributed by atoms with van der Waals surface area (Å²) in [6.07, 6.45) is 16.7. The quantitative estimate of drug-likeness (QED) is 0.111. The highest BCUT2D eigenvalue weighted by atomic mass is 16.5. The molecule has 1 aliphatic rings. The van der Waals surface area contributed by atoms with Crippen molar-refractivity contribution in [1.29, 1.82) is 0 Å². The fourth-order valence-corrected chi connectivity index (χ4v) is 5.20. The molecule has 3 rings (SSSR count). The van der Waals surface area contributed by atoms with Gasteiger partial charge in [-0.05, 0) is 79.1 Å². The number of anilines is 2. The summed E-state index contributed by atoms with van der Waals surface area (Å²) >= 11 is 0. The smallest absolute Gasteiger partial charge is 0.338 e. The minimum Gasteiger partial charge on any atom is -0.462 e. The van der Waals surface area contributed by atoms with Crippen molar-refractivity contribution in [2.45, 2.75) is 96.5 Å². The fraction of sp³-hybridized carbons (Fsp3) is 0.515. The van der Waals surface area contributed by atoms with Crippen molar-refractivity contribution in [1.82, 2.24) is 0 Å². The Kier molecular flexibility index (Phi) is 12.4. The lowest BCUT2D eigenvalue weighted by molar-refractivity contribution is -0.138. The maximum absolute atomic E-state index is 12.6. The first-order valence-electron chi connectivity index (χ1n) is 14.7. The SMILES string of the molecule is CCCCCCCCC1CCC(OC(=O)c2ccc(/C=C/C(=O)OCC(C)c3cc(N)cc(N)c3)cc2)CC1. The van der Waals surface area contributed by atoms with E-state index >= 15 is 0 Å². The molecule has 1 atom stereocenters. The van der Waals surface area contributed by atoms with E-state index in [-0.39, 0.29) is 24.6 Å². The Hall–Kier alpha value is -3.28. The summed E-state index contributed by atoms with van der Waals surface area (Å²) in [7, 11) is 0. The lowest BCUT2D eigenvalue weighted by Crippen LogP contribution is -2.24. The maximum Gasteiger partial charge on any atom is 0.338 e. The highest BCUT2D eigenvalue weighted by Crippen LogP contribution is 2.30. The molecule has 1 fully saturated rings. The maximum atomic E-state index is 12.6. The van der Waals surface area contributed by atoms with Crippen molar-refractivity contribution >= 4 is 29.4 Å². The number of rotatable bonds is 14. The van der Waals surface area contributed by atoms with Gasteiger partial charge < -0.3 is 20.9 Å². The highest BCUT2D eigenvalue weighted by Gasteiger charge is 2.24. The summed E-state index contributed by atoms with van der Waals surface area (Å²) < 4.78 is 11.2. The van der Waals surface area contributed by atoms with E-state index in [4.69, 9.17) is 20.9 Å². The zero-order valence-electron chi connectivity index (χ0n) is 23.7. The number of hydrogen-bond acceptors (Lipinski definition) is 6. The van der Waals surface area contributed by atoms with Crippen molar-refractivity contribution < 1.29 is 19.1 Å². The van der Waals surface area contributed by atoms with Crippen LogP contribution in [0.5, 0.6) is 0 Å². The predicted molar refractivity (Wildman–Crippen MR) is 159 cm³/mol. The van der Waals surface area contributed by atoms with Gasteiger partial charge in [0.1, 0.15) is 6.10 Å². The second kappa shape index (κ2) is 16.0. The molecule has 6 nitrogen and oxygen atoms in total. The van der Waals surface area contributed by atoms with Crippen molar-refractivity contribution in [2.24, 2.45) is 5.92 Å². The molecule has 0 amide bonds. The van der Waals surface area contributed by atoms with Crippen molar-refractivity contribution in [2.75, 3.05) is 18.1 Å². The predicted octanol–water partition coefficient (Wildman–Crippen LogP) is 7.68. The number of esters is 2. The van der Waals surface area contributed by atoms with E-state index in [9.17, 15) is 9.59 Å². The van der Waals surface area contributed by atoms with Crippen LogP contribution in [-0.2, 0) is 14.3 Å². The Morgan fingerprint density at radius 3 is 2.23 bits per heavy atom. The van der Waals surface area contributed by atoms with E-state index in [2.05, 4.69) is 6.92 Å². The summed E-state index contributed by atoms with van der Waals surface area (Å²) in [6, 6.07) is 12.4. The second-order valence-electron chi connectivity index (χ2n) is 11.0. The third kappa shape index (κ3) is 10.8. The standard InChI is InChI=1S/C33H46N2O4/c1-3-4-5-6-7-8-9-25-12-17-31(18-13-25)39-33(37)27-15-10-26(11-16-27)14-19-32(36)38-23-24(2)28-20-29(34)22-30(35)21-28/h10-11,14-16,19-22,24-25,31H,3-9,12-13,17-18,23,34-35H2,1-2H3/b19-14+. The lowest BCUT2D eigenvalue weighted by atomic mass is 9.84. The van der Waals surface area contributed by atoms with Gasteiger partial charge in [0.05, 0.1) is 12.2 Å². The topological polar surface area (TPSA) is 105 Å². The molecule has 0 aliphatic heterocycles. The molecule has 212 valence electrons. The number of carbonyl (C=O) groups is 2. The van der Waals surface area contributed by atoms with Gasteiger partial charge in [0.25, 0.3) is 0 Å². The number of hydrogen-bond donors (Lipinski definition) is 2. The van der Waals surface area contributed by atoms with Crippen LogP contribution >= 0.6 is 0 Å². The zero-order chi connectivity index (χ0) is 28.0. The summed E-state index contributed by atoms with van der Waals surface area (Å²) in [5, 5.41) is 0. The Morgan fingerprint density at radius 1 is 0.923 bits per heavy atom. The van der Waals surface area contributed by atoms with Crippen LogP contribution in [0.4, 0.5) is 11.4 Å². The molecule has 0 radical (unpaired) electrons. The van der Waals surface area contributed by atoms with E-state index in [0.29, 0.717) is 16.9 Å². The Morgan fingerprint density at radius 2 is 1.56 bits per heavy atom. The first-order chi connectivity index (χ1) is 18.8. The minimum atomic E-state index is -0.436. The van der Waals surface area contributed by atoms with Crippen LogP contribution in [0.1, 0.15) is 112 Å². The van der Waals surface area contributed by atoms with Crippen molar-refractivity contribution in [3.63, 3.8) is 0 Å². The molecule has 39 heavy (non-hydrogen) atoms. The Labute approximate surface area is 234 Å². The van der Waals surface area contributed by atoms with Crippen LogP contribution in [0.25, 0.3) is 6.08 Å². The fourth-order valence-electron chi connectivity index (χ4n) is 5.20. The van der Waals surface area contributed by atoms with Gasteiger partial charge in [-0.1, -0.05) is 70.9 Å². The van der Waals surface area contributed by atoms with Crippen molar-refractivity contribution in [3.05, 3.63) is 65.2 Å². The van der Waals surface area contributed by atoms with Gasteiger partial charge in [-0.3, -0.25) is 0 Å². The molecule has 1 aliphatic carbocycles.